The minimum Gasteiger partial charge on any atom is -0.465 e. The van der Waals surface area contributed by atoms with E-state index in [0.29, 0.717) is 13.2 Å². The molecular weight excluding hydrogens is 190 g/mol. The van der Waals surface area contributed by atoms with Crippen LogP contribution in [0.4, 0.5) is 0 Å². The second-order valence-electron chi connectivity index (χ2n) is 4.56. The van der Waals surface area contributed by atoms with Gasteiger partial charge in [0.15, 0.2) is 0 Å². The van der Waals surface area contributed by atoms with Gasteiger partial charge in [-0.2, -0.15) is 0 Å². The van der Waals surface area contributed by atoms with Crippen LogP contribution < -0.4 is 5.32 Å². The lowest BCUT2D eigenvalue weighted by Gasteiger charge is -2.26. The second-order valence-corrected chi connectivity index (χ2v) is 4.56. The SMILES string of the molecule is CCOC(=O)CNCC1CCC(C)CC1. The van der Waals surface area contributed by atoms with Crippen molar-refractivity contribution in [3.63, 3.8) is 0 Å². The number of nitrogens with one attached hydrogen (secondary N) is 1. The third kappa shape index (κ3) is 5.17. The van der Waals surface area contributed by atoms with Crippen molar-refractivity contribution in [3.05, 3.63) is 0 Å². The highest BCUT2D eigenvalue weighted by molar-refractivity contribution is 5.71. The monoisotopic (exact) mass is 213 g/mol. The van der Waals surface area contributed by atoms with E-state index in [1.807, 2.05) is 6.92 Å². The van der Waals surface area contributed by atoms with E-state index in [2.05, 4.69) is 12.2 Å². The summed E-state index contributed by atoms with van der Waals surface area (Å²) >= 11 is 0. The number of carbonyl (C=O) groups excluding carboxylic acids is 1. The van der Waals surface area contributed by atoms with Crippen LogP contribution in [0.2, 0.25) is 0 Å². The summed E-state index contributed by atoms with van der Waals surface area (Å²) in [6.07, 6.45) is 5.28. The van der Waals surface area contributed by atoms with Crippen LogP contribution in [0.15, 0.2) is 0 Å². The van der Waals surface area contributed by atoms with Gasteiger partial charge in [-0.15, -0.1) is 0 Å². The molecule has 0 aromatic heterocycles. The highest BCUT2D eigenvalue weighted by Crippen LogP contribution is 2.27. The molecule has 0 spiro atoms. The van der Waals surface area contributed by atoms with Gasteiger partial charge in [0, 0.05) is 0 Å². The van der Waals surface area contributed by atoms with Crippen LogP contribution in [0.25, 0.3) is 0 Å². The van der Waals surface area contributed by atoms with Crippen molar-refractivity contribution in [2.24, 2.45) is 11.8 Å². The van der Waals surface area contributed by atoms with Crippen molar-refractivity contribution in [3.8, 4) is 0 Å². The minimum atomic E-state index is -0.137. The number of ether oxygens (including phenoxy) is 1. The van der Waals surface area contributed by atoms with E-state index in [-0.39, 0.29) is 5.97 Å². The molecule has 15 heavy (non-hydrogen) atoms. The van der Waals surface area contributed by atoms with Gasteiger partial charge in [-0.1, -0.05) is 19.8 Å². The molecule has 1 fully saturated rings. The zero-order valence-corrected chi connectivity index (χ0v) is 9.92. The van der Waals surface area contributed by atoms with E-state index < -0.39 is 0 Å². The van der Waals surface area contributed by atoms with Crippen molar-refractivity contribution in [2.75, 3.05) is 19.7 Å². The van der Waals surface area contributed by atoms with Crippen molar-refractivity contribution >= 4 is 5.97 Å². The topological polar surface area (TPSA) is 38.3 Å². The quantitative estimate of drug-likeness (QED) is 0.710. The lowest BCUT2D eigenvalue weighted by atomic mass is 9.83. The Labute approximate surface area is 92.6 Å². The maximum Gasteiger partial charge on any atom is 0.319 e. The molecule has 0 heterocycles. The van der Waals surface area contributed by atoms with Gasteiger partial charge in [0.2, 0.25) is 0 Å². The Bertz CT molecular complexity index is 186. The molecule has 1 rings (SSSR count). The normalized spacial score (nSPS) is 26.3. The molecular formula is C12H23NO2. The van der Waals surface area contributed by atoms with Crippen LogP contribution >= 0.6 is 0 Å². The van der Waals surface area contributed by atoms with E-state index in [9.17, 15) is 4.79 Å². The fourth-order valence-corrected chi connectivity index (χ4v) is 2.12. The molecule has 0 saturated heterocycles. The van der Waals surface area contributed by atoms with Gasteiger partial charge in [0.25, 0.3) is 0 Å². The largest absolute Gasteiger partial charge is 0.465 e. The van der Waals surface area contributed by atoms with E-state index in [0.717, 1.165) is 18.4 Å². The Morgan fingerprint density at radius 3 is 2.60 bits per heavy atom. The second kappa shape index (κ2) is 6.83. The molecule has 1 aliphatic rings. The van der Waals surface area contributed by atoms with Crippen molar-refractivity contribution in [1.29, 1.82) is 0 Å². The summed E-state index contributed by atoms with van der Waals surface area (Å²) in [4.78, 5) is 11.1. The highest BCUT2D eigenvalue weighted by Gasteiger charge is 2.17. The standard InChI is InChI=1S/C12H23NO2/c1-3-15-12(14)9-13-8-11-6-4-10(2)5-7-11/h10-11,13H,3-9H2,1-2H3. The maximum absolute atomic E-state index is 11.1. The summed E-state index contributed by atoms with van der Waals surface area (Å²) in [5.41, 5.74) is 0. The first kappa shape index (κ1) is 12.5. The molecule has 0 aromatic carbocycles. The molecule has 0 aliphatic heterocycles. The van der Waals surface area contributed by atoms with E-state index >= 15 is 0 Å². The number of carbonyl (C=O) groups is 1. The number of esters is 1. The maximum atomic E-state index is 11.1. The molecule has 0 radical (unpaired) electrons. The average molecular weight is 213 g/mol. The fraction of sp³-hybridized carbons (Fsp3) is 0.917. The molecule has 0 atom stereocenters. The number of hydrogen-bond acceptors (Lipinski definition) is 3. The molecule has 0 bridgehead atoms. The van der Waals surface area contributed by atoms with Crippen molar-refractivity contribution in [2.45, 2.75) is 39.5 Å². The molecule has 1 saturated carbocycles. The van der Waals surface area contributed by atoms with Gasteiger partial charge in [-0.3, -0.25) is 4.79 Å². The highest BCUT2D eigenvalue weighted by atomic mass is 16.5. The summed E-state index contributed by atoms with van der Waals surface area (Å²) in [6.45, 7) is 5.95. The Kier molecular flexibility index (Phi) is 5.69. The van der Waals surface area contributed by atoms with Gasteiger partial charge in [0.05, 0.1) is 13.2 Å². The van der Waals surface area contributed by atoms with Crippen LogP contribution in [0.5, 0.6) is 0 Å². The number of rotatable bonds is 5. The first-order chi connectivity index (χ1) is 7.22. The van der Waals surface area contributed by atoms with Gasteiger partial charge in [-0.25, -0.2) is 0 Å². The lowest BCUT2D eigenvalue weighted by Crippen LogP contribution is -2.31. The zero-order valence-electron chi connectivity index (χ0n) is 9.92. The summed E-state index contributed by atoms with van der Waals surface area (Å²) in [5.74, 6) is 1.52. The first-order valence-electron chi connectivity index (χ1n) is 6.08. The van der Waals surface area contributed by atoms with E-state index in [4.69, 9.17) is 4.74 Å². The van der Waals surface area contributed by atoms with Crippen LogP contribution in [0.1, 0.15) is 39.5 Å². The van der Waals surface area contributed by atoms with Gasteiger partial charge in [-0.05, 0) is 38.1 Å². The zero-order chi connectivity index (χ0) is 11.1. The van der Waals surface area contributed by atoms with Crippen molar-refractivity contribution < 1.29 is 9.53 Å². The summed E-state index contributed by atoms with van der Waals surface area (Å²) in [5, 5.41) is 3.18. The van der Waals surface area contributed by atoms with Gasteiger partial charge in [0.1, 0.15) is 0 Å². The summed E-state index contributed by atoms with van der Waals surface area (Å²) in [6, 6.07) is 0. The smallest absolute Gasteiger partial charge is 0.319 e. The number of hydrogen-bond donors (Lipinski definition) is 1. The summed E-state index contributed by atoms with van der Waals surface area (Å²) < 4.78 is 4.85. The average Bonchev–Trinajstić information content (AvgIpc) is 2.21. The Morgan fingerprint density at radius 2 is 2.00 bits per heavy atom. The molecule has 0 amide bonds. The third-order valence-corrected chi connectivity index (χ3v) is 3.14. The van der Waals surface area contributed by atoms with Gasteiger partial charge >= 0.3 is 5.97 Å². The Balaban J connectivity index is 2.02. The van der Waals surface area contributed by atoms with Crippen LogP contribution in [0, 0.1) is 11.8 Å². The van der Waals surface area contributed by atoms with E-state index in [1.54, 1.807) is 0 Å². The van der Waals surface area contributed by atoms with Crippen LogP contribution in [0.3, 0.4) is 0 Å². The van der Waals surface area contributed by atoms with Crippen molar-refractivity contribution in [1.82, 2.24) is 5.32 Å². The minimum absolute atomic E-state index is 0.137. The predicted octanol–water partition coefficient (Wildman–Crippen LogP) is 1.97. The van der Waals surface area contributed by atoms with Crippen LogP contribution in [-0.4, -0.2) is 25.7 Å². The molecule has 3 nitrogen and oxygen atoms in total. The molecule has 1 aliphatic carbocycles. The molecule has 88 valence electrons. The molecule has 0 aromatic rings. The Morgan fingerprint density at radius 1 is 1.33 bits per heavy atom. The molecule has 3 heteroatoms. The van der Waals surface area contributed by atoms with E-state index in [1.165, 1.54) is 25.7 Å². The predicted molar refractivity (Wildman–Crippen MR) is 60.6 cm³/mol. The van der Waals surface area contributed by atoms with Crippen LogP contribution in [-0.2, 0) is 9.53 Å². The lowest BCUT2D eigenvalue weighted by molar-refractivity contribution is -0.142. The summed E-state index contributed by atoms with van der Waals surface area (Å²) in [7, 11) is 0. The molecule has 0 unspecified atom stereocenters. The third-order valence-electron chi connectivity index (χ3n) is 3.14. The fourth-order valence-electron chi connectivity index (χ4n) is 2.12. The Hall–Kier alpha value is -0.570. The van der Waals surface area contributed by atoms with Gasteiger partial charge < -0.3 is 10.1 Å². The first-order valence-corrected chi connectivity index (χ1v) is 6.08. The molecule has 1 N–H and O–H groups in total.